The van der Waals surface area contributed by atoms with Gasteiger partial charge in [-0.1, -0.05) is 18.6 Å². The van der Waals surface area contributed by atoms with E-state index >= 15 is 0 Å². The average Bonchev–Trinajstić information content (AvgIpc) is 2.81. The average molecular weight is 214 g/mol. The van der Waals surface area contributed by atoms with Crippen molar-refractivity contribution >= 4 is 5.78 Å². The number of carbonyl (C=O) groups excluding carboxylic acids is 1. The third kappa shape index (κ3) is 1.89. The number of nitrogens with zero attached hydrogens (tertiary/aromatic N) is 2. The van der Waals surface area contributed by atoms with Gasteiger partial charge in [-0.2, -0.15) is 5.10 Å². The molecule has 0 fully saturated rings. The summed E-state index contributed by atoms with van der Waals surface area (Å²) in [7, 11) is 0. The van der Waals surface area contributed by atoms with E-state index in [1.165, 1.54) is 0 Å². The van der Waals surface area contributed by atoms with Gasteiger partial charge in [-0.25, -0.2) is 4.68 Å². The first-order valence-corrected chi connectivity index (χ1v) is 5.36. The van der Waals surface area contributed by atoms with Gasteiger partial charge in [-0.05, 0) is 25.1 Å². The summed E-state index contributed by atoms with van der Waals surface area (Å²) < 4.78 is 1.72. The predicted octanol–water partition coefficient (Wildman–Crippen LogP) is 2.77. The molecule has 3 heteroatoms. The molecule has 1 aromatic heterocycles. The third-order valence-electron chi connectivity index (χ3n) is 2.52. The van der Waals surface area contributed by atoms with Crippen LogP contribution in [0.3, 0.4) is 0 Å². The summed E-state index contributed by atoms with van der Waals surface area (Å²) in [5, 5.41) is 4.16. The van der Waals surface area contributed by atoms with E-state index in [-0.39, 0.29) is 5.78 Å². The zero-order chi connectivity index (χ0) is 11.5. The van der Waals surface area contributed by atoms with E-state index < -0.39 is 0 Å². The van der Waals surface area contributed by atoms with Crippen LogP contribution in [0.1, 0.15) is 29.3 Å². The van der Waals surface area contributed by atoms with Crippen LogP contribution in [-0.4, -0.2) is 15.6 Å². The maximum absolute atomic E-state index is 11.8. The normalized spacial score (nSPS) is 10.4. The first kappa shape index (κ1) is 10.6. The standard InChI is InChI=1S/C13H14N2O/c1-3-13(16)11-9-10(2)5-6-12(11)15-8-4-7-14-15/h4-9H,3H2,1-2H3. The molecule has 0 bridgehead atoms. The lowest BCUT2D eigenvalue weighted by Gasteiger charge is -2.08. The summed E-state index contributed by atoms with van der Waals surface area (Å²) in [6.45, 7) is 3.86. The molecule has 1 aromatic carbocycles. The largest absolute Gasteiger partial charge is 0.294 e. The van der Waals surface area contributed by atoms with Crippen molar-refractivity contribution in [2.45, 2.75) is 20.3 Å². The van der Waals surface area contributed by atoms with Crippen LogP contribution >= 0.6 is 0 Å². The van der Waals surface area contributed by atoms with Gasteiger partial charge in [-0.15, -0.1) is 0 Å². The summed E-state index contributed by atoms with van der Waals surface area (Å²) in [6, 6.07) is 7.69. The number of aromatic nitrogens is 2. The zero-order valence-corrected chi connectivity index (χ0v) is 9.47. The molecule has 2 aromatic rings. The van der Waals surface area contributed by atoms with Crippen molar-refractivity contribution in [3.05, 3.63) is 47.8 Å². The SMILES string of the molecule is CCC(=O)c1cc(C)ccc1-n1cccn1. The molecule has 0 aliphatic carbocycles. The molecule has 1 heterocycles. The van der Waals surface area contributed by atoms with E-state index in [4.69, 9.17) is 0 Å². The fraction of sp³-hybridized carbons (Fsp3) is 0.231. The summed E-state index contributed by atoms with van der Waals surface area (Å²) in [4.78, 5) is 11.8. The monoisotopic (exact) mass is 214 g/mol. The van der Waals surface area contributed by atoms with Crippen molar-refractivity contribution in [3.8, 4) is 5.69 Å². The van der Waals surface area contributed by atoms with Gasteiger partial charge in [0.1, 0.15) is 0 Å². The minimum atomic E-state index is 0.147. The Morgan fingerprint density at radius 1 is 1.44 bits per heavy atom. The van der Waals surface area contributed by atoms with Crippen molar-refractivity contribution in [2.24, 2.45) is 0 Å². The zero-order valence-electron chi connectivity index (χ0n) is 9.47. The molecule has 0 saturated heterocycles. The molecular weight excluding hydrogens is 200 g/mol. The molecule has 82 valence electrons. The molecule has 16 heavy (non-hydrogen) atoms. The Kier molecular flexibility index (Phi) is 2.86. The molecule has 0 unspecified atom stereocenters. The summed E-state index contributed by atoms with van der Waals surface area (Å²) in [5.41, 5.74) is 2.68. The number of aryl methyl sites for hydroxylation is 1. The molecule has 0 saturated carbocycles. The van der Waals surface area contributed by atoms with Crippen LogP contribution in [0.5, 0.6) is 0 Å². The Morgan fingerprint density at radius 2 is 2.25 bits per heavy atom. The molecule has 0 amide bonds. The lowest BCUT2D eigenvalue weighted by Crippen LogP contribution is -2.06. The van der Waals surface area contributed by atoms with Gasteiger partial charge in [0.25, 0.3) is 0 Å². The Labute approximate surface area is 94.7 Å². The number of rotatable bonds is 3. The minimum absolute atomic E-state index is 0.147. The van der Waals surface area contributed by atoms with E-state index in [0.717, 1.165) is 16.8 Å². The van der Waals surface area contributed by atoms with E-state index in [1.807, 2.05) is 44.3 Å². The van der Waals surface area contributed by atoms with Crippen molar-refractivity contribution in [2.75, 3.05) is 0 Å². The number of ketones is 1. The van der Waals surface area contributed by atoms with Crippen LogP contribution in [0.2, 0.25) is 0 Å². The molecular formula is C13H14N2O. The van der Waals surface area contributed by atoms with Crippen molar-refractivity contribution in [1.82, 2.24) is 9.78 Å². The highest BCUT2D eigenvalue weighted by atomic mass is 16.1. The topological polar surface area (TPSA) is 34.9 Å². The van der Waals surface area contributed by atoms with Crippen LogP contribution in [-0.2, 0) is 0 Å². The van der Waals surface area contributed by atoms with Gasteiger partial charge in [0.05, 0.1) is 5.69 Å². The number of Topliss-reactive ketones (excluding diaryl/α,β-unsaturated/α-hetero) is 1. The summed E-state index contributed by atoms with van der Waals surface area (Å²) in [5.74, 6) is 0.147. The Morgan fingerprint density at radius 3 is 2.88 bits per heavy atom. The van der Waals surface area contributed by atoms with E-state index in [2.05, 4.69) is 5.10 Å². The van der Waals surface area contributed by atoms with Crippen LogP contribution in [0.25, 0.3) is 5.69 Å². The van der Waals surface area contributed by atoms with Gasteiger partial charge >= 0.3 is 0 Å². The molecule has 3 nitrogen and oxygen atoms in total. The highest BCUT2D eigenvalue weighted by Gasteiger charge is 2.11. The second-order valence-corrected chi connectivity index (χ2v) is 3.75. The molecule has 2 rings (SSSR count). The van der Waals surface area contributed by atoms with E-state index in [9.17, 15) is 4.79 Å². The second kappa shape index (κ2) is 4.31. The van der Waals surface area contributed by atoms with E-state index in [0.29, 0.717) is 6.42 Å². The summed E-state index contributed by atoms with van der Waals surface area (Å²) >= 11 is 0. The fourth-order valence-corrected chi connectivity index (χ4v) is 1.67. The Balaban J connectivity index is 2.57. The van der Waals surface area contributed by atoms with Crippen LogP contribution in [0.4, 0.5) is 0 Å². The number of benzene rings is 1. The molecule has 0 aliphatic heterocycles. The molecule has 0 aliphatic rings. The molecule has 0 N–H and O–H groups in total. The number of hydrogen-bond acceptors (Lipinski definition) is 2. The first-order chi connectivity index (χ1) is 7.72. The smallest absolute Gasteiger partial charge is 0.164 e. The van der Waals surface area contributed by atoms with Crippen molar-refractivity contribution in [3.63, 3.8) is 0 Å². The lowest BCUT2D eigenvalue weighted by molar-refractivity contribution is 0.0988. The van der Waals surface area contributed by atoms with Crippen LogP contribution in [0, 0.1) is 6.92 Å². The van der Waals surface area contributed by atoms with Crippen molar-refractivity contribution < 1.29 is 4.79 Å². The number of hydrogen-bond donors (Lipinski definition) is 0. The van der Waals surface area contributed by atoms with Crippen LogP contribution in [0.15, 0.2) is 36.7 Å². The third-order valence-corrected chi connectivity index (χ3v) is 2.52. The van der Waals surface area contributed by atoms with Gasteiger partial charge in [0.15, 0.2) is 5.78 Å². The summed E-state index contributed by atoms with van der Waals surface area (Å²) in [6.07, 6.45) is 4.06. The second-order valence-electron chi connectivity index (χ2n) is 3.75. The quantitative estimate of drug-likeness (QED) is 0.736. The maximum atomic E-state index is 11.8. The molecule has 0 atom stereocenters. The number of carbonyl (C=O) groups is 1. The highest BCUT2D eigenvalue weighted by Crippen LogP contribution is 2.17. The maximum Gasteiger partial charge on any atom is 0.164 e. The van der Waals surface area contributed by atoms with Gasteiger partial charge in [0.2, 0.25) is 0 Å². The fourth-order valence-electron chi connectivity index (χ4n) is 1.67. The predicted molar refractivity (Wildman–Crippen MR) is 62.9 cm³/mol. The van der Waals surface area contributed by atoms with Gasteiger partial charge < -0.3 is 0 Å². The first-order valence-electron chi connectivity index (χ1n) is 5.36. The van der Waals surface area contributed by atoms with Gasteiger partial charge in [-0.3, -0.25) is 4.79 Å². The Hall–Kier alpha value is -1.90. The van der Waals surface area contributed by atoms with Crippen LogP contribution < -0.4 is 0 Å². The van der Waals surface area contributed by atoms with E-state index in [1.54, 1.807) is 10.9 Å². The lowest BCUT2D eigenvalue weighted by atomic mass is 10.0. The highest BCUT2D eigenvalue weighted by molar-refractivity contribution is 5.99. The minimum Gasteiger partial charge on any atom is -0.294 e. The molecule has 0 radical (unpaired) electrons. The van der Waals surface area contributed by atoms with Crippen molar-refractivity contribution in [1.29, 1.82) is 0 Å². The van der Waals surface area contributed by atoms with Gasteiger partial charge in [0, 0.05) is 24.4 Å². The molecule has 0 spiro atoms. The Bertz CT molecular complexity index is 501.